The lowest BCUT2D eigenvalue weighted by atomic mass is 9.77. The fraction of sp³-hybridized carbons (Fsp3) is 0.515. The van der Waals surface area contributed by atoms with Gasteiger partial charge < -0.3 is 34.7 Å². The fourth-order valence-corrected chi connectivity index (χ4v) is 6.82. The maximum Gasteiger partial charge on any atom is 0.551 e. The number of hydrogen-bond donors (Lipinski definition) is 3. The van der Waals surface area contributed by atoms with Gasteiger partial charge in [-0.3, -0.25) is 14.5 Å². The van der Waals surface area contributed by atoms with Crippen LogP contribution in [0.4, 0.5) is 14.0 Å². The maximum atomic E-state index is 14.3. The second kappa shape index (κ2) is 13.1. The predicted octanol–water partition coefficient (Wildman–Crippen LogP) is 3.60. The van der Waals surface area contributed by atoms with E-state index in [2.05, 4.69) is 10.6 Å². The fourth-order valence-electron chi connectivity index (χ4n) is 6.82. The summed E-state index contributed by atoms with van der Waals surface area (Å²) in [4.78, 5) is 57.0. The molecule has 2 aromatic carbocycles. The summed E-state index contributed by atoms with van der Waals surface area (Å²) >= 11 is 0. The Balaban J connectivity index is 1.20. The van der Waals surface area contributed by atoms with Crippen molar-refractivity contribution in [2.75, 3.05) is 6.54 Å². The highest BCUT2D eigenvalue weighted by molar-refractivity contribution is 6.47. The minimum Gasteiger partial charge on any atom is -0.534 e. The van der Waals surface area contributed by atoms with E-state index in [4.69, 9.17) is 14.1 Å². The third kappa shape index (κ3) is 6.88. The molecule has 12 nitrogen and oxygen atoms in total. The zero-order chi connectivity index (χ0) is 33.5. The number of likely N-dealkylation sites (tertiary alicyclic amines) is 1. The van der Waals surface area contributed by atoms with Gasteiger partial charge in [-0.25, -0.2) is 14.0 Å². The normalized spacial score (nSPS) is 22.7. The van der Waals surface area contributed by atoms with Gasteiger partial charge in [0.05, 0.1) is 13.1 Å². The number of halogens is 1. The molecule has 3 N–H and O–H groups in total. The summed E-state index contributed by atoms with van der Waals surface area (Å²) in [6.07, 6.45) is 0.923. The molecule has 0 radical (unpaired) electrons. The van der Waals surface area contributed by atoms with Gasteiger partial charge in [0.2, 0.25) is 11.8 Å². The van der Waals surface area contributed by atoms with Crippen molar-refractivity contribution in [2.24, 2.45) is 5.41 Å². The van der Waals surface area contributed by atoms with Crippen LogP contribution in [0.2, 0.25) is 0 Å². The zero-order valence-corrected chi connectivity index (χ0v) is 26.7. The van der Waals surface area contributed by atoms with Crippen LogP contribution in [-0.4, -0.2) is 76.8 Å². The van der Waals surface area contributed by atoms with E-state index in [1.54, 1.807) is 57.2 Å². The number of alkyl carbamates (subject to hydrolysis) is 1. The van der Waals surface area contributed by atoms with Crippen LogP contribution in [0.3, 0.4) is 0 Å². The Morgan fingerprint density at radius 1 is 1.02 bits per heavy atom. The number of nitrogens with zero attached hydrogens (tertiary/aromatic N) is 2. The number of carbonyl (C=O) groups excluding carboxylic acids is 4. The van der Waals surface area contributed by atoms with Crippen LogP contribution in [0.5, 0.6) is 5.75 Å². The van der Waals surface area contributed by atoms with E-state index >= 15 is 0 Å². The molecule has 0 spiro atoms. The van der Waals surface area contributed by atoms with E-state index in [1.165, 1.54) is 15.9 Å². The van der Waals surface area contributed by atoms with Crippen LogP contribution in [-0.2, 0) is 32.2 Å². The summed E-state index contributed by atoms with van der Waals surface area (Å²) in [5, 5.41) is 16.1. The number of hydrogen-bond acceptors (Lipinski definition) is 8. The Hall–Kier alpha value is -4.33. The maximum absolute atomic E-state index is 14.3. The SMILES string of the molecule is CC(C)(C)[C@H](NC(=O)OC1CCCC1)C(=O)N1CC(OC(=O)N2Cc3cccc(F)c3C2)C[C@H]1C(=O)NC1B(O)Oc2ccccc21. The summed E-state index contributed by atoms with van der Waals surface area (Å²) < 4.78 is 31.2. The molecule has 0 aromatic heterocycles. The lowest BCUT2D eigenvalue weighted by Gasteiger charge is -2.35. The third-order valence-corrected chi connectivity index (χ3v) is 9.34. The third-order valence-electron chi connectivity index (χ3n) is 9.34. The highest BCUT2D eigenvalue weighted by Crippen LogP contribution is 2.35. The first-order chi connectivity index (χ1) is 22.4. The molecule has 2 unspecified atom stereocenters. The number of fused-ring (bicyclic) bond motifs is 2. The van der Waals surface area contributed by atoms with Crippen molar-refractivity contribution in [3.8, 4) is 5.75 Å². The Morgan fingerprint density at radius 2 is 1.77 bits per heavy atom. The van der Waals surface area contributed by atoms with Crippen molar-refractivity contribution in [3.05, 3.63) is 65.0 Å². The summed E-state index contributed by atoms with van der Waals surface area (Å²) in [5.74, 6) is -2.00. The number of para-hydroxylation sites is 1. The number of carbonyl (C=O) groups is 4. The minimum absolute atomic E-state index is 0.0346. The molecular weight excluding hydrogens is 610 g/mol. The Kier molecular flexibility index (Phi) is 9.06. The lowest BCUT2D eigenvalue weighted by molar-refractivity contribution is -0.142. The van der Waals surface area contributed by atoms with E-state index in [9.17, 15) is 28.6 Å². The Bertz CT molecular complexity index is 1550. The van der Waals surface area contributed by atoms with Gasteiger partial charge in [-0.2, -0.15) is 0 Å². The first-order valence-corrected chi connectivity index (χ1v) is 16.1. The molecule has 3 aliphatic heterocycles. The molecule has 4 amide bonds. The van der Waals surface area contributed by atoms with Crippen molar-refractivity contribution < 1.29 is 42.7 Å². The Labute approximate surface area is 273 Å². The summed E-state index contributed by atoms with van der Waals surface area (Å²) in [6, 6.07) is 9.40. The molecule has 4 aliphatic rings. The average Bonchev–Trinajstić information content (AvgIpc) is 3.82. The quantitative estimate of drug-likeness (QED) is 0.402. The number of amides is 4. The number of ether oxygens (including phenoxy) is 2. The minimum atomic E-state index is -1.35. The predicted molar refractivity (Wildman–Crippen MR) is 167 cm³/mol. The molecule has 1 aliphatic carbocycles. The van der Waals surface area contributed by atoms with Gasteiger partial charge in [-0.15, -0.1) is 0 Å². The smallest absolute Gasteiger partial charge is 0.534 e. The molecule has 14 heteroatoms. The monoisotopic (exact) mass is 650 g/mol. The van der Waals surface area contributed by atoms with Crippen LogP contribution >= 0.6 is 0 Å². The van der Waals surface area contributed by atoms with Gasteiger partial charge in [-0.1, -0.05) is 51.1 Å². The molecule has 0 bridgehead atoms. The molecule has 250 valence electrons. The number of benzene rings is 2. The van der Waals surface area contributed by atoms with Gasteiger partial charge in [0.1, 0.15) is 41.8 Å². The first-order valence-electron chi connectivity index (χ1n) is 16.1. The summed E-state index contributed by atoms with van der Waals surface area (Å²) in [7, 11) is -1.35. The van der Waals surface area contributed by atoms with Gasteiger partial charge in [-0.05, 0) is 48.8 Å². The molecule has 2 aromatic rings. The van der Waals surface area contributed by atoms with E-state index in [0.29, 0.717) is 22.4 Å². The van der Waals surface area contributed by atoms with E-state index in [1.807, 2.05) is 0 Å². The van der Waals surface area contributed by atoms with Crippen molar-refractivity contribution in [1.29, 1.82) is 0 Å². The largest absolute Gasteiger partial charge is 0.551 e. The first kappa shape index (κ1) is 32.6. The van der Waals surface area contributed by atoms with Gasteiger partial charge in [0, 0.05) is 24.1 Å². The van der Waals surface area contributed by atoms with Crippen molar-refractivity contribution in [2.45, 2.75) is 96.2 Å². The van der Waals surface area contributed by atoms with Crippen LogP contribution < -0.4 is 15.3 Å². The van der Waals surface area contributed by atoms with Gasteiger partial charge in [0.25, 0.3) is 0 Å². The van der Waals surface area contributed by atoms with Crippen LogP contribution in [0, 0.1) is 11.2 Å². The summed E-state index contributed by atoms with van der Waals surface area (Å²) in [6.45, 7) is 5.47. The van der Waals surface area contributed by atoms with E-state index in [-0.39, 0.29) is 32.2 Å². The highest BCUT2D eigenvalue weighted by Gasteiger charge is 2.49. The standard InChI is InChI=1S/C33H40BFN4O8/c1-33(2,3)27(36-31(42)45-20-10-4-5-11-20)30(41)39-17-21(46-32(43)38-16-19-9-8-13-24(35)23(19)18-38)15-25(39)29(40)37-28-22-12-6-7-14-26(22)47-34(28)44/h6-9,12-14,20-21,25,27-28,44H,4-5,10-11,15-18H2,1-3H3,(H,36,42)(H,37,40)/t21?,25-,27+,28?/m0/s1. The second-order valence-corrected chi connectivity index (χ2v) is 13.8. The van der Waals surface area contributed by atoms with Gasteiger partial charge >= 0.3 is 19.3 Å². The van der Waals surface area contributed by atoms with Crippen LogP contribution in [0.15, 0.2) is 42.5 Å². The van der Waals surface area contributed by atoms with E-state index in [0.717, 1.165) is 25.7 Å². The second-order valence-electron chi connectivity index (χ2n) is 13.8. The average molecular weight is 651 g/mol. The van der Waals surface area contributed by atoms with E-state index < -0.39 is 66.5 Å². The Morgan fingerprint density at radius 3 is 2.49 bits per heavy atom. The molecule has 1 saturated carbocycles. The molecule has 6 rings (SSSR count). The zero-order valence-electron chi connectivity index (χ0n) is 26.7. The molecule has 4 atom stereocenters. The van der Waals surface area contributed by atoms with Crippen molar-refractivity contribution >= 4 is 31.1 Å². The lowest BCUT2D eigenvalue weighted by Crippen LogP contribution is -2.58. The summed E-state index contributed by atoms with van der Waals surface area (Å²) in [5.41, 5.74) is 0.910. The van der Waals surface area contributed by atoms with Crippen molar-refractivity contribution in [3.63, 3.8) is 0 Å². The molecule has 2 fully saturated rings. The number of nitrogens with one attached hydrogen (secondary N) is 2. The topological polar surface area (TPSA) is 147 Å². The van der Waals surface area contributed by atoms with Crippen LogP contribution in [0.25, 0.3) is 0 Å². The van der Waals surface area contributed by atoms with Crippen molar-refractivity contribution in [1.82, 2.24) is 20.4 Å². The molecule has 1 saturated heterocycles. The van der Waals surface area contributed by atoms with Crippen LogP contribution in [0.1, 0.15) is 75.5 Å². The molecule has 3 heterocycles. The molecular formula is C33H40BFN4O8. The number of rotatable bonds is 6. The highest BCUT2D eigenvalue weighted by atomic mass is 19.1. The van der Waals surface area contributed by atoms with Gasteiger partial charge in [0.15, 0.2) is 0 Å². The molecule has 47 heavy (non-hydrogen) atoms.